The monoisotopic (exact) mass is 319 g/mol. The second kappa shape index (κ2) is 6.58. The molecule has 1 saturated heterocycles. The first-order chi connectivity index (χ1) is 11.1. The molecular weight excluding hydrogens is 298 g/mol. The Morgan fingerprint density at radius 3 is 2.83 bits per heavy atom. The topological polar surface area (TPSA) is 77.4 Å². The molecule has 1 N–H and O–H groups in total. The highest BCUT2D eigenvalue weighted by Gasteiger charge is 2.44. The maximum atomic E-state index is 11.7. The standard InChI is InChI=1S/C17H21NO5/c1-21-15-5-3-2-4-13(15)14-10-12(23-18-14)11-17(16(19)20)6-8-22-9-7-17/h2-5,12H,6-11H2,1H3,(H,19,20)/t12-/m1/s1. The van der Waals surface area contributed by atoms with Crippen molar-refractivity contribution in [2.75, 3.05) is 20.3 Å². The number of hydrogen-bond acceptors (Lipinski definition) is 5. The van der Waals surface area contributed by atoms with Gasteiger partial charge in [0.15, 0.2) is 0 Å². The quantitative estimate of drug-likeness (QED) is 0.902. The van der Waals surface area contributed by atoms with Crippen molar-refractivity contribution < 1.29 is 24.2 Å². The number of benzene rings is 1. The molecule has 23 heavy (non-hydrogen) atoms. The number of ether oxygens (including phenoxy) is 2. The van der Waals surface area contributed by atoms with Crippen LogP contribution in [0.5, 0.6) is 5.75 Å². The number of carboxylic acid groups (broad SMARTS) is 1. The van der Waals surface area contributed by atoms with E-state index >= 15 is 0 Å². The highest BCUT2D eigenvalue weighted by Crippen LogP contribution is 2.39. The molecule has 0 radical (unpaired) electrons. The lowest BCUT2D eigenvalue weighted by atomic mass is 9.75. The van der Waals surface area contributed by atoms with Gasteiger partial charge in [0.2, 0.25) is 0 Å². The minimum absolute atomic E-state index is 0.218. The van der Waals surface area contributed by atoms with E-state index in [1.54, 1.807) is 7.11 Å². The number of rotatable bonds is 5. The van der Waals surface area contributed by atoms with E-state index in [1.807, 2.05) is 24.3 Å². The van der Waals surface area contributed by atoms with Gasteiger partial charge in [-0.25, -0.2) is 0 Å². The second-order valence-corrected chi connectivity index (χ2v) is 6.07. The summed E-state index contributed by atoms with van der Waals surface area (Å²) in [5, 5.41) is 13.8. The molecule has 6 nitrogen and oxygen atoms in total. The third-order valence-electron chi connectivity index (χ3n) is 4.67. The van der Waals surface area contributed by atoms with Crippen molar-refractivity contribution in [2.45, 2.75) is 31.8 Å². The molecule has 0 unspecified atom stereocenters. The first kappa shape index (κ1) is 15.8. The summed E-state index contributed by atoms with van der Waals surface area (Å²) in [6.07, 6.45) is 1.87. The average Bonchev–Trinajstić information content (AvgIpc) is 3.03. The molecule has 0 amide bonds. The highest BCUT2D eigenvalue weighted by molar-refractivity contribution is 6.03. The van der Waals surface area contributed by atoms with E-state index in [-0.39, 0.29) is 6.10 Å². The highest BCUT2D eigenvalue weighted by atomic mass is 16.6. The Kier molecular flexibility index (Phi) is 4.52. The van der Waals surface area contributed by atoms with Crippen LogP contribution < -0.4 is 4.74 Å². The molecule has 2 aliphatic rings. The van der Waals surface area contributed by atoms with E-state index in [9.17, 15) is 9.90 Å². The van der Waals surface area contributed by atoms with Gasteiger partial charge in [-0.1, -0.05) is 17.3 Å². The van der Waals surface area contributed by atoms with Gasteiger partial charge in [0.25, 0.3) is 0 Å². The molecule has 1 fully saturated rings. The number of carbonyl (C=O) groups is 1. The van der Waals surface area contributed by atoms with Crippen molar-refractivity contribution in [3.05, 3.63) is 29.8 Å². The SMILES string of the molecule is COc1ccccc1C1=NO[C@@H](CC2(C(=O)O)CCOCC2)C1. The normalized spacial score (nSPS) is 23.0. The molecule has 0 aromatic heterocycles. The first-order valence-electron chi connectivity index (χ1n) is 7.82. The van der Waals surface area contributed by atoms with Crippen LogP contribution in [0.4, 0.5) is 0 Å². The fourth-order valence-electron chi connectivity index (χ4n) is 3.28. The fourth-order valence-corrected chi connectivity index (χ4v) is 3.28. The molecule has 1 atom stereocenters. The summed E-state index contributed by atoms with van der Waals surface area (Å²) >= 11 is 0. The van der Waals surface area contributed by atoms with E-state index in [0.29, 0.717) is 38.9 Å². The Morgan fingerprint density at radius 1 is 1.39 bits per heavy atom. The fraction of sp³-hybridized carbons (Fsp3) is 0.529. The summed E-state index contributed by atoms with van der Waals surface area (Å²) < 4.78 is 10.7. The molecule has 1 aromatic carbocycles. The summed E-state index contributed by atoms with van der Waals surface area (Å²) in [6.45, 7) is 0.971. The Labute approximate surface area is 135 Å². The smallest absolute Gasteiger partial charge is 0.309 e. The molecule has 3 rings (SSSR count). The number of carboxylic acids is 1. The van der Waals surface area contributed by atoms with Crippen molar-refractivity contribution in [1.82, 2.24) is 0 Å². The Bertz CT molecular complexity index is 607. The van der Waals surface area contributed by atoms with E-state index in [2.05, 4.69) is 5.16 Å². The minimum atomic E-state index is -0.769. The van der Waals surface area contributed by atoms with Gasteiger partial charge in [0, 0.05) is 31.6 Å². The molecule has 1 aromatic rings. The van der Waals surface area contributed by atoms with Crippen molar-refractivity contribution >= 4 is 11.7 Å². The van der Waals surface area contributed by atoms with Gasteiger partial charge in [-0.2, -0.15) is 0 Å². The third kappa shape index (κ3) is 3.17. The van der Waals surface area contributed by atoms with Crippen LogP contribution in [-0.4, -0.2) is 43.2 Å². The molecule has 124 valence electrons. The molecule has 0 saturated carbocycles. The maximum Gasteiger partial charge on any atom is 0.309 e. The average molecular weight is 319 g/mol. The summed E-state index contributed by atoms with van der Waals surface area (Å²) in [6, 6.07) is 7.63. The van der Waals surface area contributed by atoms with Crippen LogP contribution in [0.25, 0.3) is 0 Å². The molecule has 2 heterocycles. The van der Waals surface area contributed by atoms with Crippen molar-refractivity contribution in [3.63, 3.8) is 0 Å². The van der Waals surface area contributed by atoms with Crippen LogP contribution in [-0.2, 0) is 14.4 Å². The Morgan fingerprint density at radius 2 is 2.13 bits per heavy atom. The van der Waals surface area contributed by atoms with Crippen LogP contribution in [0.15, 0.2) is 29.4 Å². The maximum absolute atomic E-state index is 11.7. The summed E-state index contributed by atoms with van der Waals surface area (Å²) in [4.78, 5) is 17.3. The van der Waals surface area contributed by atoms with Crippen molar-refractivity contribution in [1.29, 1.82) is 0 Å². The largest absolute Gasteiger partial charge is 0.496 e. The summed E-state index contributed by atoms with van der Waals surface area (Å²) in [5.74, 6) is -0.0235. The van der Waals surface area contributed by atoms with Crippen LogP contribution in [0.2, 0.25) is 0 Å². The minimum Gasteiger partial charge on any atom is -0.496 e. The van der Waals surface area contributed by atoms with Gasteiger partial charge in [-0.3, -0.25) is 4.79 Å². The number of methoxy groups -OCH3 is 1. The number of hydrogen-bond donors (Lipinski definition) is 1. The first-order valence-corrected chi connectivity index (χ1v) is 7.82. The third-order valence-corrected chi connectivity index (χ3v) is 4.67. The van der Waals surface area contributed by atoms with Gasteiger partial charge in [-0.05, 0) is 25.0 Å². The van der Waals surface area contributed by atoms with E-state index in [1.165, 1.54) is 0 Å². The van der Waals surface area contributed by atoms with Crippen LogP contribution >= 0.6 is 0 Å². The predicted molar refractivity (Wildman–Crippen MR) is 83.8 cm³/mol. The Hall–Kier alpha value is -2.08. The summed E-state index contributed by atoms with van der Waals surface area (Å²) in [7, 11) is 1.62. The molecule has 6 heteroatoms. The summed E-state index contributed by atoms with van der Waals surface area (Å²) in [5.41, 5.74) is 0.934. The Balaban J connectivity index is 1.70. The van der Waals surface area contributed by atoms with Gasteiger partial charge in [0.05, 0.1) is 18.2 Å². The zero-order chi connectivity index (χ0) is 16.3. The second-order valence-electron chi connectivity index (χ2n) is 6.07. The van der Waals surface area contributed by atoms with Crippen molar-refractivity contribution in [3.8, 4) is 5.75 Å². The number of aliphatic carboxylic acids is 1. The zero-order valence-electron chi connectivity index (χ0n) is 13.2. The zero-order valence-corrected chi connectivity index (χ0v) is 13.2. The molecular formula is C17H21NO5. The van der Waals surface area contributed by atoms with Crippen LogP contribution in [0.1, 0.15) is 31.2 Å². The van der Waals surface area contributed by atoms with Gasteiger partial charge < -0.3 is 19.4 Å². The molecule has 0 aliphatic carbocycles. The molecule has 0 spiro atoms. The lowest BCUT2D eigenvalue weighted by Gasteiger charge is -2.34. The van der Waals surface area contributed by atoms with Crippen molar-refractivity contribution in [2.24, 2.45) is 10.6 Å². The number of nitrogens with zero attached hydrogens (tertiary/aromatic N) is 1. The van der Waals surface area contributed by atoms with Crippen LogP contribution in [0, 0.1) is 5.41 Å². The lowest BCUT2D eigenvalue weighted by molar-refractivity contribution is -0.158. The molecule has 2 aliphatic heterocycles. The predicted octanol–water partition coefficient (Wildman–Crippen LogP) is 2.46. The van der Waals surface area contributed by atoms with E-state index < -0.39 is 11.4 Å². The number of oxime groups is 1. The van der Waals surface area contributed by atoms with E-state index in [0.717, 1.165) is 17.0 Å². The lowest BCUT2D eigenvalue weighted by Crippen LogP contribution is -2.40. The van der Waals surface area contributed by atoms with Crippen LogP contribution in [0.3, 0.4) is 0 Å². The number of para-hydroxylation sites is 1. The van der Waals surface area contributed by atoms with Gasteiger partial charge >= 0.3 is 5.97 Å². The van der Waals surface area contributed by atoms with Gasteiger partial charge in [0.1, 0.15) is 11.9 Å². The molecule has 0 bridgehead atoms. The van der Waals surface area contributed by atoms with Gasteiger partial charge in [-0.15, -0.1) is 0 Å². The van der Waals surface area contributed by atoms with E-state index in [4.69, 9.17) is 14.3 Å².